The van der Waals surface area contributed by atoms with E-state index >= 15 is 0 Å². The Kier molecular flexibility index (Phi) is 10.5. The van der Waals surface area contributed by atoms with Gasteiger partial charge in [-0.1, -0.05) is 42.5 Å². The standard InChI is InChI=1S/C30H39N3O7/c1-5-39-25(35)17-18-31-27(36)26(21-11-15-23(34)16-12-21)33(22-13-14-22)28(37)24(19-20-9-7-6-8-10-20)32-29(38)40-30(2,3)4/h6-12,15-16,22,24,26,34H,5,13-14,17-19H2,1-4H3,(H,31,36)(H,32,38). The van der Waals surface area contributed by atoms with E-state index in [2.05, 4.69) is 10.6 Å². The predicted octanol–water partition coefficient (Wildman–Crippen LogP) is 3.63. The number of phenolic OH excluding ortho intramolecular Hbond substituents is 1. The first-order valence-corrected chi connectivity index (χ1v) is 13.6. The maximum atomic E-state index is 14.2. The molecule has 3 N–H and O–H groups in total. The van der Waals surface area contributed by atoms with Crippen molar-refractivity contribution in [2.75, 3.05) is 13.2 Å². The fourth-order valence-corrected chi connectivity index (χ4v) is 4.26. The van der Waals surface area contributed by atoms with Crippen molar-refractivity contribution >= 4 is 23.9 Å². The molecular formula is C30H39N3O7. The van der Waals surface area contributed by atoms with Crippen molar-refractivity contribution in [3.05, 3.63) is 65.7 Å². The lowest BCUT2D eigenvalue weighted by Crippen LogP contribution is -2.54. The zero-order valence-electron chi connectivity index (χ0n) is 23.5. The van der Waals surface area contributed by atoms with Crippen LogP contribution in [0.25, 0.3) is 0 Å². The van der Waals surface area contributed by atoms with E-state index in [0.717, 1.165) is 5.56 Å². The molecule has 2 aromatic rings. The Balaban J connectivity index is 1.93. The van der Waals surface area contributed by atoms with E-state index in [4.69, 9.17) is 9.47 Å². The summed E-state index contributed by atoms with van der Waals surface area (Å²) in [6, 6.07) is 13.1. The van der Waals surface area contributed by atoms with Gasteiger partial charge in [0.15, 0.2) is 0 Å². The molecule has 0 spiro atoms. The molecule has 1 aliphatic rings. The fraction of sp³-hybridized carbons (Fsp3) is 0.467. The number of nitrogens with one attached hydrogen (secondary N) is 2. The van der Waals surface area contributed by atoms with Gasteiger partial charge in [0.25, 0.3) is 0 Å². The Labute approximate surface area is 235 Å². The van der Waals surface area contributed by atoms with Crippen LogP contribution in [-0.2, 0) is 30.3 Å². The Morgan fingerprint density at radius 1 is 1.02 bits per heavy atom. The molecule has 3 amide bonds. The number of benzene rings is 2. The summed E-state index contributed by atoms with van der Waals surface area (Å²) < 4.78 is 10.4. The molecule has 2 aromatic carbocycles. The van der Waals surface area contributed by atoms with Crippen molar-refractivity contribution in [3.63, 3.8) is 0 Å². The number of carbonyl (C=O) groups is 4. The minimum atomic E-state index is -1.05. The minimum Gasteiger partial charge on any atom is -0.508 e. The number of nitrogens with zero attached hydrogens (tertiary/aromatic N) is 1. The molecule has 216 valence electrons. The number of rotatable bonds is 12. The molecule has 0 aliphatic heterocycles. The molecule has 40 heavy (non-hydrogen) atoms. The molecule has 1 fully saturated rings. The number of aromatic hydroxyl groups is 1. The maximum Gasteiger partial charge on any atom is 0.408 e. The molecule has 2 unspecified atom stereocenters. The van der Waals surface area contributed by atoms with Gasteiger partial charge in [0.1, 0.15) is 23.4 Å². The molecule has 10 nitrogen and oxygen atoms in total. The molecule has 0 bridgehead atoms. The fourth-order valence-electron chi connectivity index (χ4n) is 4.26. The van der Waals surface area contributed by atoms with Gasteiger partial charge in [-0.3, -0.25) is 14.4 Å². The van der Waals surface area contributed by atoms with E-state index in [1.807, 2.05) is 30.3 Å². The van der Waals surface area contributed by atoms with Gasteiger partial charge in [0, 0.05) is 19.0 Å². The van der Waals surface area contributed by atoms with Crippen LogP contribution in [0.1, 0.15) is 64.1 Å². The zero-order chi connectivity index (χ0) is 29.3. The van der Waals surface area contributed by atoms with Gasteiger partial charge in [0.05, 0.1) is 13.0 Å². The molecule has 0 aromatic heterocycles. The van der Waals surface area contributed by atoms with E-state index in [-0.39, 0.29) is 37.8 Å². The van der Waals surface area contributed by atoms with Crippen molar-refractivity contribution in [2.45, 2.75) is 77.1 Å². The second kappa shape index (κ2) is 13.8. The van der Waals surface area contributed by atoms with Crippen molar-refractivity contribution in [1.29, 1.82) is 0 Å². The number of carbonyl (C=O) groups excluding carboxylic acids is 4. The highest BCUT2D eigenvalue weighted by Crippen LogP contribution is 2.36. The summed E-state index contributed by atoms with van der Waals surface area (Å²) in [4.78, 5) is 53.9. The van der Waals surface area contributed by atoms with Crippen LogP contribution in [0, 0.1) is 0 Å². The summed E-state index contributed by atoms with van der Waals surface area (Å²) in [5.41, 5.74) is 0.545. The van der Waals surface area contributed by atoms with Crippen molar-refractivity contribution in [2.24, 2.45) is 0 Å². The minimum absolute atomic E-state index is 0.0167. The van der Waals surface area contributed by atoms with Gasteiger partial charge in [-0.05, 0) is 63.8 Å². The average Bonchev–Trinajstić information content (AvgIpc) is 3.72. The van der Waals surface area contributed by atoms with Gasteiger partial charge in [0.2, 0.25) is 11.8 Å². The smallest absolute Gasteiger partial charge is 0.408 e. The van der Waals surface area contributed by atoms with E-state index in [9.17, 15) is 24.3 Å². The summed E-state index contributed by atoms with van der Waals surface area (Å²) in [7, 11) is 0. The third kappa shape index (κ3) is 9.29. The Morgan fingerprint density at radius 2 is 1.68 bits per heavy atom. The van der Waals surface area contributed by atoms with E-state index < -0.39 is 41.6 Å². The molecule has 3 rings (SSSR count). The largest absolute Gasteiger partial charge is 0.508 e. The average molecular weight is 554 g/mol. The second-order valence-electron chi connectivity index (χ2n) is 10.7. The van der Waals surface area contributed by atoms with Crippen LogP contribution in [0.4, 0.5) is 4.79 Å². The maximum absolute atomic E-state index is 14.2. The number of alkyl carbamates (subject to hydrolysis) is 1. The van der Waals surface area contributed by atoms with Crippen LogP contribution in [-0.4, -0.2) is 64.7 Å². The molecule has 0 radical (unpaired) electrons. The molecule has 1 saturated carbocycles. The number of ether oxygens (including phenoxy) is 2. The molecular weight excluding hydrogens is 514 g/mol. The Bertz CT molecular complexity index is 1160. The first-order valence-electron chi connectivity index (χ1n) is 13.6. The summed E-state index contributed by atoms with van der Waals surface area (Å²) in [6.07, 6.45) is 0.824. The van der Waals surface area contributed by atoms with Crippen molar-refractivity contribution in [3.8, 4) is 5.75 Å². The highest BCUT2D eigenvalue weighted by atomic mass is 16.6. The highest BCUT2D eigenvalue weighted by molar-refractivity contribution is 5.93. The molecule has 2 atom stereocenters. The highest BCUT2D eigenvalue weighted by Gasteiger charge is 2.44. The number of esters is 1. The topological polar surface area (TPSA) is 134 Å². The number of phenols is 1. The van der Waals surface area contributed by atoms with E-state index in [1.165, 1.54) is 17.0 Å². The lowest BCUT2D eigenvalue weighted by atomic mass is 10.00. The normalized spacial score (nSPS) is 14.4. The quantitative estimate of drug-likeness (QED) is 0.342. The zero-order valence-corrected chi connectivity index (χ0v) is 23.5. The lowest BCUT2D eigenvalue weighted by molar-refractivity contribution is -0.144. The summed E-state index contributed by atoms with van der Waals surface area (Å²) in [6.45, 7) is 7.17. The van der Waals surface area contributed by atoms with Gasteiger partial charge in [-0.15, -0.1) is 0 Å². The van der Waals surface area contributed by atoms with Crippen LogP contribution in [0.5, 0.6) is 5.75 Å². The molecule has 10 heteroatoms. The van der Waals surface area contributed by atoms with Crippen LogP contribution in [0.15, 0.2) is 54.6 Å². The summed E-state index contributed by atoms with van der Waals surface area (Å²) in [5.74, 6) is -1.34. The van der Waals surface area contributed by atoms with Crippen LogP contribution < -0.4 is 10.6 Å². The van der Waals surface area contributed by atoms with Gasteiger partial charge in [-0.25, -0.2) is 4.79 Å². The third-order valence-electron chi connectivity index (χ3n) is 6.14. The summed E-state index contributed by atoms with van der Waals surface area (Å²) >= 11 is 0. The lowest BCUT2D eigenvalue weighted by Gasteiger charge is -2.34. The first-order chi connectivity index (χ1) is 19.0. The Morgan fingerprint density at radius 3 is 2.25 bits per heavy atom. The van der Waals surface area contributed by atoms with Gasteiger partial charge >= 0.3 is 12.1 Å². The Hall–Kier alpha value is -4.08. The van der Waals surface area contributed by atoms with Crippen molar-refractivity contribution < 1.29 is 33.8 Å². The van der Waals surface area contributed by atoms with E-state index in [0.29, 0.717) is 18.4 Å². The van der Waals surface area contributed by atoms with Crippen molar-refractivity contribution in [1.82, 2.24) is 15.5 Å². The first kappa shape index (κ1) is 30.5. The summed E-state index contributed by atoms with van der Waals surface area (Å²) in [5, 5.41) is 15.3. The molecule has 0 heterocycles. The number of hydrogen-bond acceptors (Lipinski definition) is 7. The van der Waals surface area contributed by atoms with Crippen LogP contribution in [0.2, 0.25) is 0 Å². The second-order valence-corrected chi connectivity index (χ2v) is 10.7. The molecule has 1 aliphatic carbocycles. The van der Waals surface area contributed by atoms with Crippen LogP contribution >= 0.6 is 0 Å². The van der Waals surface area contributed by atoms with Gasteiger partial charge < -0.3 is 30.1 Å². The van der Waals surface area contributed by atoms with E-state index in [1.54, 1.807) is 39.8 Å². The SMILES string of the molecule is CCOC(=O)CCNC(=O)C(c1ccc(O)cc1)N(C(=O)C(Cc1ccccc1)NC(=O)OC(C)(C)C)C1CC1. The molecule has 0 saturated heterocycles. The predicted molar refractivity (Wildman–Crippen MR) is 148 cm³/mol. The number of hydrogen-bond donors (Lipinski definition) is 3. The van der Waals surface area contributed by atoms with Gasteiger partial charge in [-0.2, -0.15) is 0 Å². The monoisotopic (exact) mass is 553 g/mol. The van der Waals surface area contributed by atoms with Crippen LogP contribution in [0.3, 0.4) is 0 Å². The number of amides is 3. The third-order valence-corrected chi connectivity index (χ3v) is 6.14.